The molecule has 8 nitrogen and oxygen atoms in total. The van der Waals surface area contributed by atoms with Crippen molar-refractivity contribution in [2.24, 2.45) is 0 Å². The Morgan fingerprint density at radius 3 is 2.74 bits per heavy atom. The minimum absolute atomic E-state index is 0.186. The molecule has 19 heavy (non-hydrogen) atoms. The Balaban J connectivity index is 2.52. The summed E-state index contributed by atoms with van der Waals surface area (Å²) in [7, 11) is -2.68. The summed E-state index contributed by atoms with van der Waals surface area (Å²) < 4.78 is 30.1. The molecule has 0 atom stereocenters. The summed E-state index contributed by atoms with van der Waals surface area (Å²) in [5.74, 6) is 0.216. The average Bonchev–Trinajstić information content (AvgIpc) is 2.92. The number of rotatable bonds is 4. The van der Waals surface area contributed by atoms with Gasteiger partial charge in [-0.3, -0.25) is 15.0 Å². The fraction of sp³-hybridized carbons (Fsp3) is 0.400. The van der Waals surface area contributed by atoms with Gasteiger partial charge in [-0.2, -0.15) is 0 Å². The van der Waals surface area contributed by atoms with Gasteiger partial charge in [-0.05, 0) is 18.6 Å². The van der Waals surface area contributed by atoms with Crippen molar-refractivity contribution in [2.75, 3.05) is 20.3 Å². The molecule has 1 aromatic carbocycles. The van der Waals surface area contributed by atoms with Crippen molar-refractivity contribution >= 4 is 15.7 Å². The van der Waals surface area contributed by atoms with Crippen molar-refractivity contribution in [3.8, 4) is 5.75 Å². The van der Waals surface area contributed by atoms with Gasteiger partial charge in [-0.25, -0.2) is 8.42 Å². The number of sulfonamides is 1. The first-order chi connectivity index (χ1) is 8.96. The molecular formula is C10H12N2O6S. The average molecular weight is 288 g/mol. The van der Waals surface area contributed by atoms with Gasteiger partial charge < -0.3 is 4.74 Å². The molecule has 0 saturated carbocycles. The van der Waals surface area contributed by atoms with Crippen molar-refractivity contribution in [2.45, 2.75) is 11.3 Å². The number of hydroxylamine groups is 1. The van der Waals surface area contributed by atoms with Crippen LogP contribution in [0.4, 0.5) is 5.69 Å². The van der Waals surface area contributed by atoms with E-state index in [2.05, 4.69) is 0 Å². The smallest absolute Gasteiger partial charge is 0.293 e. The summed E-state index contributed by atoms with van der Waals surface area (Å²) >= 11 is 0. The molecule has 1 aliphatic rings. The predicted octanol–water partition coefficient (Wildman–Crippen LogP) is 0.929. The number of nitro groups is 1. The number of ether oxygens (including phenoxy) is 1. The Hall–Kier alpha value is -1.71. The molecule has 0 bridgehead atoms. The van der Waals surface area contributed by atoms with Crippen molar-refractivity contribution in [1.29, 1.82) is 0 Å². The summed E-state index contributed by atoms with van der Waals surface area (Å²) in [6.45, 7) is 0.467. The highest BCUT2D eigenvalue weighted by Gasteiger charge is 2.34. The largest absolute Gasteiger partial charge is 0.497 e. The standard InChI is InChI=1S/C10H12N2O6S/c1-17-8-3-4-10(9(7-8)12(13)14)19(15,16)11-5-2-6-18-11/h3-4,7H,2,5-6H2,1H3. The van der Waals surface area contributed by atoms with Crippen LogP contribution in [0.1, 0.15) is 6.42 Å². The molecule has 9 heteroatoms. The van der Waals surface area contributed by atoms with Gasteiger partial charge in [0.15, 0.2) is 4.90 Å². The second-order valence-electron chi connectivity index (χ2n) is 3.81. The molecule has 0 aromatic heterocycles. The zero-order chi connectivity index (χ0) is 14.0. The molecule has 0 spiro atoms. The van der Waals surface area contributed by atoms with Crippen LogP contribution in [0.3, 0.4) is 0 Å². The topological polar surface area (TPSA) is 99.0 Å². The Kier molecular flexibility index (Phi) is 3.69. The van der Waals surface area contributed by atoms with E-state index in [9.17, 15) is 18.5 Å². The molecule has 0 N–H and O–H groups in total. The van der Waals surface area contributed by atoms with Crippen LogP contribution in [0, 0.1) is 10.1 Å². The molecule has 1 heterocycles. The highest BCUT2D eigenvalue weighted by molar-refractivity contribution is 7.89. The van der Waals surface area contributed by atoms with E-state index in [1.807, 2.05) is 0 Å². The highest BCUT2D eigenvalue weighted by atomic mass is 32.2. The number of nitrogens with zero attached hydrogens (tertiary/aromatic N) is 2. The van der Waals surface area contributed by atoms with Gasteiger partial charge in [0.25, 0.3) is 15.7 Å². The first-order valence-electron chi connectivity index (χ1n) is 5.45. The lowest BCUT2D eigenvalue weighted by molar-refractivity contribution is -0.388. The van der Waals surface area contributed by atoms with Gasteiger partial charge >= 0.3 is 0 Å². The minimum Gasteiger partial charge on any atom is -0.497 e. The first-order valence-corrected chi connectivity index (χ1v) is 6.89. The molecule has 1 aromatic rings. The van der Waals surface area contributed by atoms with Gasteiger partial charge in [0.05, 0.1) is 24.7 Å². The number of hydrogen-bond acceptors (Lipinski definition) is 6. The number of hydrogen-bond donors (Lipinski definition) is 0. The normalized spacial score (nSPS) is 16.5. The van der Waals surface area contributed by atoms with E-state index in [1.54, 1.807) is 0 Å². The maximum Gasteiger partial charge on any atom is 0.293 e. The zero-order valence-corrected chi connectivity index (χ0v) is 10.9. The fourth-order valence-electron chi connectivity index (χ4n) is 1.71. The van der Waals surface area contributed by atoms with Gasteiger partial charge in [0, 0.05) is 6.54 Å². The number of nitro benzene ring substituents is 1. The third-order valence-electron chi connectivity index (χ3n) is 2.63. The van der Waals surface area contributed by atoms with Crippen LogP contribution in [-0.4, -0.2) is 38.1 Å². The second-order valence-corrected chi connectivity index (χ2v) is 5.61. The van der Waals surface area contributed by atoms with Gasteiger partial charge in [-0.15, -0.1) is 0 Å². The van der Waals surface area contributed by atoms with Crippen LogP contribution in [0.5, 0.6) is 5.75 Å². The van der Waals surface area contributed by atoms with Crippen LogP contribution in [-0.2, 0) is 14.9 Å². The minimum atomic E-state index is -4.03. The Bertz CT molecular complexity index is 594. The molecular weight excluding hydrogens is 276 g/mol. The molecule has 0 unspecified atom stereocenters. The van der Waals surface area contributed by atoms with Gasteiger partial charge in [0.1, 0.15) is 5.75 Å². The third-order valence-corrected chi connectivity index (χ3v) is 4.35. The second kappa shape index (κ2) is 5.11. The van der Waals surface area contributed by atoms with E-state index in [4.69, 9.17) is 9.57 Å². The summed E-state index contributed by atoms with van der Waals surface area (Å²) in [5, 5.41) is 11.0. The Morgan fingerprint density at radius 1 is 1.47 bits per heavy atom. The van der Waals surface area contributed by atoms with Crippen molar-refractivity contribution in [3.63, 3.8) is 0 Å². The fourth-order valence-corrected chi connectivity index (χ4v) is 3.15. The summed E-state index contributed by atoms with van der Waals surface area (Å²) in [6, 6.07) is 3.58. The number of methoxy groups -OCH3 is 1. The molecule has 104 valence electrons. The molecule has 0 aliphatic carbocycles. The maximum absolute atomic E-state index is 12.2. The lowest BCUT2D eigenvalue weighted by Crippen LogP contribution is -2.27. The Morgan fingerprint density at radius 2 is 2.21 bits per heavy atom. The summed E-state index contributed by atoms with van der Waals surface area (Å²) in [4.78, 5) is 14.8. The van der Waals surface area contributed by atoms with E-state index in [1.165, 1.54) is 13.2 Å². The first kappa shape index (κ1) is 13.7. The quantitative estimate of drug-likeness (QED) is 0.603. The summed E-state index contributed by atoms with van der Waals surface area (Å²) in [6.07, 6.45) is 0.559. The van der Waals surface area contributed by atoms with E-state index < -0.39 is 25.5 Å². The molecule has 1 aliphatic heterocycles. The monoisotopic (exact) mass is 288 g/mol. The SMILES string of the molecule is COc1ccc(S(=O)(=O)N2CCCO2)c([N+](=O)[O-])c1. The Labute approximate surface area is 109 Å². The zero-order valence-electron chi connectivity index (χ0n) is 10.1. The van der Waals surface area contributed by atoms with Crippen molar-refractivity contribution in [1.82, 2.24) is 4.47 Å². The number of benzene rings is 1. The van der Waals surface area contributed by atoms with Crippen LogP contribution >= 0.6 is 0 Å². The molecule has 1 saturated heterocycles. The van der Waals surface area contributed by atoms with Gasteiger partial charge in [-0.1, -0.05) is 4.47 Å². The molecule has 1 fully saturated rings. The molecule has 0 radical (unpaired) electrons. The maximum atomic E-state index is 12.2. The van der Waals surface area contributed by atoms with Crippen LogP contribution in [0.25, 0.3) is 0 Å². The molecule has 0 amide bonds. The van der Waals surface area contributed by atoms with Gasteiger partial charge in [0.2, 0.25) is 0 Å². The van der Waals surface area contributed by atoms with Crippen LogP contribution < -0.4 is 4.74 Å². The van der Waals surface area contributed by atoms with E-state index >= 15 is 0 Å². The molecule has 2 rings (SSSR count). The van der Waals surface area contributed by atoms with Crippen LogP contribution in [0.2, 0.25) is 0 Å². The van der Waals surface area contributed by atoms with E-state index in [0.29, 0.717) is 6.42 Å². The lowest BCUT2D eigenvalue weighted by Gasteiger charge is -2.14. The predicted molar refractivity (Wildman–Crippen MR) is 64.1 cm³/mol. The van der Waals surface area contributed by atoms with E-state index in [-0.39, 0.29) is 18.9 Å². The van der Waals surface area contributed by atoms with Crippen molar-refractivity contribution < 1.29 is 22.9 Å². The van der Waals surface area contributed by atoms with E-state index in [0.717, 1.165) is 16.6 Å². The van der Waals surface area contributed by atoms with Crippen molar-refractivity contribution in [3.05, 3.63) is 28.3 Å². The summed E-state index contributed by atoms with van der Waals surface area (Å²) in [5.41, 5.74) is -0.533. The van der Waals surface area contributed by atoms with Crippen LogP contribution in [0.15, 0.2) is 23.1 Å². The third kappa shape index (κ3) is 2.53. The highest BCUT2D eigenvalue weighted by Crippen LogP contribution is 2.31. The lowest BCUT2D eigenvalue weighted by atomic mass is 10.3.